The number of nitrogens with zero attached hydrogens (tertiary/aromatic N) is 4. The summed E-state index contributed by atoms with van der Waals surface area (Å²) in [5.74, 6) is -0.432. The number of carbonyl (C=O) groups excluding carboxylic acids is 3. The van der Waals surface area contributed by atoms with Gasteiger partial charge in [0.25, 0.3) is 5.56 Å². The quantitative estimate of drug-likeness (QED) is 0.652. The number of carbonyl (C=O) groups is 3. The molecular weight excluding hydrogens is 434 g/mol. The van der Waals surface area contributed by atoms with E-state index in [4.69, 9.17) is 4.98 Å². The molecular formula is C25H29N5O4. The molecule has 6 rings (SSSR count). The second-order valence-electron chi connectivity index (χ2n) is 10.1. The highest BCUT2D eigenvalue weighted by Crippen LogP contribution is 2.46. The van der Waals surface area contributed by atoms with E-state index in [2.05, 4.69) is 5.32 Å². The first-order valence-electron chi connectivity index (χ1n) is 12.5. The molecule has 2 atom stereocenters. The molecule has 1 spiro atoms. The van der Waals surface area contributed by atoms with Crippen molar-refractivity contribution in [2.45, 2.75) is 76.3 Å². The van der Waals surface area contributed by atoms with Crippen LogP contribution in [-0.2, 0) is 16.0 Å². The molecule has 0 aromatic carbocycles. The summed E-state index contributed by atoms with van der Waals surface area (Å²) in [6.45, 7) is 0.618. The Labute approximate surface area is 197 Å². The molecule has 4 aliphatic rings. The third-order valence-corrected chi connectivity index (χ3v) is 8.24. The summed E-state index contributed by atoms with van der Waals surface area (Å²) in [5, 5.41) is 2.53. The predicted molar refractivity (Wildman–Crippen MR) is 124 cm³/mol. The molecule has 2 aromatic rings. The van der Waals surface area contributed by atoms with Gasteiger partial charge in [-0.3, -0.25) is 29.0 Å². The number of imide groups is 2. The zero-order valence-corrected chi connectivity index (χ0v) is 19.2. The Morgan fingerprint density at radius 1 is 0.941 bits per heavy atom. The van der Waals surface area contributed by atoms with E-state index in [-0.39, 0.29) is 18.0 Å². The fourth-order valence-electron chi connectivity index (χ4n) is 6.57. The second-order valence-corrected chi connectivity index (χ2v) is 10.1. The van der Waals surface area contributed by atoms with E-state index in [1.54, 1.807) is 18.3 Å². The third kappa shape index (κ3) is 2.95. The fourth-order valence-corrected chi connectivity index (χ4v) is 6.57. The van der Waals surface area contributed by atoms with Gasteiger partial charge >= 0.3 is 6.03 Å². The normalized spacial score (nSPS) is 28.0. The second kappa shape index (κ2) is 7.92. The number of urea groups is 1. The van der Waals surface area contributed by atoms with Gasteiger partial charge in [-0.1, -0.05) is 38.2 Å². The maximum Gasteiger partial charge on any atom is 0.331 e. The third-order valence-electron chi connectivity index (χ3n) is 8.24. The lowest BCUT2D eigenvalue weighted by atomic mass is 9.67. The highest BCUT2D eigenvalue weighted by molar-refractivity contribution is 6.20. The van der Waals surface area contributed by atoms with Crippen LogP contribution in [0.25, 0.3) is 5.65 Å². The predicted octanol–water partition coefficient (Wildman–Crippen LogP) is 2.40. The standard InChI is InChI=1S/C25H29N5O4/c31-21-17-15-25(22(32)27-24(34)30(23(25)33)16-9-3-1-4-10-16)18-11-5-2-7-13-28(18)20(17)26-19-12-6-8-14-29(19)21/h6,8,12,14,16,18H,1-5,7,9-11,13,15H2,(H,27,32,34)/t18-,25-/m1/s1. The van der Waals surface area contributed by atoms with Gasteiger partial charge in [0.05, 0.1) is 11.6 Å². The Bertz CT molecular complexity index is 1250. The smallest absolute Gasteiger partial charge is 0.331 e. The van der Waals surface area contributed by atoms with Gasteiger partial charge in [0.15, 0.2) is 5.41 Å². The van der Waals surface area contributed by atoms with E-state index in [1.165, 1.54) is 9.30 Å². The highest BCUT2D eigenvalue weighted by atomic mass is 16.2. The first-order valence-corrected chi connectivity index (χ1v) is 12.5. The van der Waals surface area contributed by atoms with Crippen LogP contribution >= 0.6 is 0 Å². The number of amides is 4. The molecule has 3 fully saturated rings. The largest absolute Gasteiger partial charge is 0.352 e. The molecule has 34 heavy (non-hydrogen) atoms. The van der Waals surface area contributed by atoms with Crippen molar-refractivity contribution >= 4 is 29.3 Å². The van der Waals surface area contributed by atoms with Crippen molar-refractivity contribution in [1.82, 2.24) is 19.6 Å². The van der Waals surface area contributed by atoms with Crippen LogP contribution in [0.1, 0.15) is 63.4 Å². The van der Waals surface area contributed by atoms with E-state index < -0.39 is 29.3 Å². The van der Waals surface area contributed by atoms with Crippen LogP contribution in [0.15, 0.2) is 29.2 Å². The number of hydrogen-bond donors (Lipinski definition) is 1. The first kappa shape index (κ1) is 21.3. The molecule has 1 aliphatic carbocycles. The van der Waals surface area contributed by atoms with Crippen LogP contribution in [0.2, 0.25) is 0 Å². The molecule has 3 aliphatic heterocycles. The Morgan fingerprint density at radius 2 is 1.71 bits per heavy atom. The molecule has 0 unspecified atom stereocenters. The van der Waals surface area contributed by atoms with Gasteiger partial charge in [-0.25, -0.2) is 9.78 Å². The Hall–Kier alpha value is -3.23. The van der Waals surface area contributed by atoms with Gasteiger partial charge in [-0.05, 0) is 37.8 Å². The highest BCUT2D eigenvalue weighted by Gasteiger charge is 2.63. The summed E-state index contributed by atoms with van der Waals surface area (Å²) < 4.78 is 1.47. The number of barbiturate groups is 1. The fraction of sp³-hybridized carbons (Fsp3) is 0.560. The monoisotopic (exact) mass is 463 g/mol. The number of pyridine rings is 1. The zero-order valence-electron chi connectivity index (χ0n) is 19.2. The van der Waals surface area contributed by atoms with Gasteiger partial charge in [0.1, 0.15) is 11.5 Å². The number of rotatable bonds is 1. The maximum absolute atomic E-state index is 14.3. The van der Waals surface area contributed by atoms with Crippen molar-refractivity contribution in [2.75, 3.05) is 11.4 Å². The number of aromatic nitrogens is 2. The van der Waals surface area contributed by atoms with Crippen molar-refractivity contribution in [3.05, 3.63) is 40.3 Å². The van der Waals surface area contributed by atoms with Crippen LogP contribution in [0.3, 0.4) is 0 Å². The van der Waals surface area contributed by atoms with Gasteiger partial charge in [0.2, 0.25) is 11.8 Å². The molecule has 0 radical (unpaired) electrons. The van der Waals surface area contributed by atoms with Gasteiger partial charge < -0.3 is 4.90 Å². The minimum absolute atomic E-state index is 0.0334. The molecule has 2 saturated heterocycles. The molecule has 9 heteroatoms. The van der Waals surface area contributed by atoms with Gasteiger partial charge in [-0.15, -0.1) is 0 Å². The summed E-state index contributed by atoms with van der Waals surface area (Å²) in [5.41, 5.74) is -0.844. The van der Waals surface area contributed by atoms with E-state index in [9.17, 15) is 19.2 Å². The van der Waals surface area contributed by atoms with E-state index in [0.29, 0.717) is 30.0 Å². The van der Waals surface area contributed by atoms with E-state index >= 15 is 0 Å². The molecule has 4 amide bonds. The van der Waals surface area contributed by atoms with Crippen molar-refractivity contribution in [3.63, 3.8) is 0 Å². The molecule has 0 bridgehead atoms. The van der Waals surface area contributed by atoms with E-state index in [0.717, 1.165) is 51.4 Å². The zero-order chi connectivity index (χ0) is 23.4. The van der Waals surface area contributed by atoms with Crippen LogP contribution in [0, 0.1) is 5.41 Å². The first-order chi connectivity index (χ1) is 16.5. The average Bonchev–Trinajstić information content (AvgIpc) is 3.11. The summed E-state index contributed by atoms with van der Waals surface area (Å²) >= 11 is 0. The lowest BCUT2D eigenvalue weighted by molar-refractivity contribution is -0.155. The summed E-state index contributed by atoms with van der Waals surface area (Å²) in [6, 6.07) is 4.13. The summed E-state index contributed by atoms with van der Waals surface area (Å²) in [4.78, 5) is 62.6. The van der Waals surface area contributed by atoms with Crippen molar-refractivity contribution in [2.24, 2.45) is 5.41 Å². The number of anilines is 1. The Balaban J connectivity index is 1.54. The van der Waals surface area contributed by atoms with Crippen molar-refractivity contribution in [1.29, 1.82) is 0 Å². The average molecular weight is 464 g/mol. The van der Waals surface area contributed by atoms with Gasteiger partial charge in [0, 0.05) is 25.2 Å². The van der Waals surface area contributed by atoms with Crippen LogP contribution in [0.5, 0.6) is 0 Å². The van der Waals surface area contributed by atoms with Crippen molar-refractivity contribution in [3.8, 4) is 0 Å². The lowest BCUT2D eigenvalue weighted by Crippen LogP contribution is -2.73. The summed E-state index contributed by atoms with van der Waals surface area (Å²) in [7, 11) is 0. The molecule has 5 heterocycles. The minimum atomic E-state index is -1.51. The summed E-state index contributed by atoms with van der Waals surface area (Å²) in [6.07, 6.45) is 9.52. The lowest BCUT2D eigenvalue weighted by Gasteiger charge is -2.52. The number of fused-ring (bicyclic) bond motifs is 5. The van der Waals surface area contributed by atoms with Crippen LogP contribution in [-0.4, -0.2) is 50.8 Å². The molecule has 1 N–H and O–H groups in total. The molecule has 2 aromatic heterocycles. The Morgan fingerprint density at radius 3 is 2.53 bits per heavy atom. The topological polar surface area (TPSA) is 104 Å². The number of hydrogen-bond acceptors (Lipinski definition) is 6. The minimum Gasteiger partial charge on any atom is -0.352 e. The van der Waals surface area contributed by atoms with Crippen molar-refractivity contribution < 1.29 is 14.4 Å². The maximum atomic E-state index is 14.3. The Kier molecular flexibility index (Phi) is 4.97. The number of nitrogens with one attached hydrogen (secondary N) is 1. The molecule has 9 nitrogen and oxygen atoms in total. The van der Waals surface area contributed by atoms with Crippen LogP contribution < -0.4 is 15.8 Å². The van der Waals surface area contributed by atoms with Gasteiger partial charge in [-0.2, -0.15) is 0 Å². The van der Waals surface area contributed by atoms with E-state index in [1.807, 2.05) is 11.0 Å². The molecule has 1 saturated carbocycles. The van der Waals surface area contributed by atoms with Crippen LogP contribution in [0.4, 0.5) is 10.6 Å². The molecule has 178 valence electrons. The SMILES string of the molecule is O=C1NC(=O)[C@]2(Cc3c(nc4ccccn4c3=O)N3CCCCC[C@@H]32)C(=O)N1C1CCCCC1.